The van der Waals surface area contributed by atoms with Gasteiger partial charge in [-0.25, -0.2) is 0 Å². The Bertz CT molecular complexity index is 245. The molecule has 0 aromatic carbocycles. The lowest BCUT2D eigenvalue weighted by molar-refractivity contribution is -0.133. The summed E-state index contributed by atoms with van der Waals surface area (Å²) in [6.07, 6.45) is 9.08. The molecule has 17 heavy (non-hydrogen) atoms. The number of rotatable bonds is 6. The third-order valence-corrected chi connectivity index (χ3v) is 3.97. The molecule has 2 rings (SSSR count). The fraction of sp³-hybridized carbons (Fsp3) is 0.929. The van der Waals surface area contributed by atoms with Gasteiger partial charge in [-0.15, -0.1) is 0 Å². The minimum absolute atomic E-state index is 0.00676. The van der Waals surface area contributed by atoms with Crippen LogP contribution in [0.4, 0.5) is 0 Å². The maximum atomic E-state index is 12.1. The predicted octanol–water partition coefficient (Wildman–Crippen LogP) is 2.17. The molecular weight excluding hydrogens is 212 g/mol. The van der Waals surface area contributed by atoms with Crippen LogP contribution in [0.1, 0.15) is 51.9 Å². The molecule has 0 spiro atoms. The van der Waals surface area contributed by atoms with Crippen molar-refractivity contribution in [1.82, 2.24) is 10.2 Å². The summed E-state index contributed by atoms with van der Waals surface area (Å²) < 4.78 is 0. The number of likely N-dealkylation sites (tertiary alicyclic amines) is 1. The van der Waals surface area contributed by atoms with E-state index in [1.54, 1.807) is 0 Å². The average molecular weight is 238 g/mol. The van der Waals surface area contributed by atoms with Crippen LogP contribution in [-0.2, 0) is 4.79 Å². The minimum Gasteiger partial charge on any atom is -0.341 e. The highest BCUT2D eigenvalue weighted by molar-refractivity contribution is 5.81. The molecule has 2 fully saturated rings. The Balaban J connectivity index is 1.59. The van der Waals surface area contributed by atoms with Crippen molar-refractivity contribution in [2.75, 3.05) is 19.6 Å². The number of amides is 1. The Labute approximate surface area is 105 Å². The van der Waals surface area contributed by atoms with Gasteiger partial charge in [0.1, 0.15) is 0 Å². The molecular formula is C14H26N2O. The van der Waals surface area contributed by atoms with Crippen LogP contribution in [0.25, 0.3) is 0 Å². The van der Waals surface area contributed by atoms with Gasteiger partial charge in [0, 0.05) is 13.1 Å². The number of nitrogens with one attached hydrogen (secondary N) is 1. The SMILES string of the molecule is CC(NCCCC1CC1)C(=O)N1CCCCC1. The van der Waals surface area contributed by atoms with E-state index in [1.165, 1.54) is 44.9 Å². The second-order valence-corrected chi connectivity index (χ2v) is 5.65. The first-order chi connectivity index (χ1) is 8.27. The van der Waals surface area contributed by atoms with E-state index in [4.69, 9.17) is 0 Å². The van der Waals surface area contributed by atoms with E-state index in [0.717, 1.165) is 25.6 Å². The lowest BCUT2D eigenvalue weighted by Crippen LogP contribution is -2.47. The van der Waals surface area contributed by atoms with Crippen LogP contribution in [0.2, 0.25) is 0 Å². The van der Waals surface area contributed by atoms with Crippen molar-refractivity contribution in [3.05, 3.63) is 0 Å². The topological polar surface area (TPSA) is 32.3 Å². The summed E-state index contributed by atoms with van der Waals surface area (Å²) in [4.78, 5) is 14.1. The summed E-state index contributed by atoms with van der Waals surface area (Å²) in [5.74, 6) is 1.31. The van der Waals surface area contributed by atoms with Gasteiger partial charge in [0.15, 0.2) is 0 Å². The lowest BCUT2D eigenvalue weighted by Gasteiger charge is -2.29. The molecule has 0 radical (unpaired) electrons. The molecule has 0 aromatic rings. The van der Waals surface area contributed by atoms with Gasteiger partial charge < -0.3 is 10.2 Å². The van der Waals surface area contributed by atoms with E-state index in [1.807, 2.05) is 11.8 Å². The molecule has 1 N–H and O–H groups in total. The summed E-state index contributed by atoms with van der Waals surface area (Å²) >= 11 is 0. The fourth-order valence-electron chi connectivity index (χ4n) is 2.59. The van der Waals surface area contributed by atoms with E-state index in [9.17, 15) is 4.79 Å². The maximum absolute atomic E-state index is 12.1. The molecule has 1 atom stereocenters. The highest BCUT2D eigenvalue weighted by Crippen LogP contribution is 2.33. The molecule has 1 unspecified atom stereocenters. The Morgan fingerprint density at radius 1 is 1.29 bits per heavy atom. The van der Waals surface area contributed by atoms with Crippen molar-refractivity contribution in [2.45, 2.75) is 57.9 Å². The Morgan fingerprint density at radius 2 is 2.00 bits per heavy atom. The molecule has 1 aliphatic carbocycles. The molecule has 1 heterocycles. The van der Waals surface area contributed by atoms with E-state index in [0.29, 0.717) is 5.91 Å². The van der Waals surface area contributed by atoms with Crippen LogP contribution in [0.15, 0.2) is 0 Å². The molecule has 0 aromatic heterocycles. The van der Waals surface area contributed by atoms with Crippen molar-refractivity contribution in [1.29, 1.82) is 0 Å². The predicted molar refractivity (Wildman–Crippen MR) is 69.9 cm³/mol. The molecule has 3 nitrogen and oxygen atoms in total. The third kappa shape index (κ3) is 4.30. The summed E-state index contributed by atoms with van der Waals surface area (Å²) in [5.41, 5.74) is 0. The van der Waals surface area contributed by atoms with Gasteiger partial charge in [-0.2, -0.15) is 0 Å². The summed E-state index contributed by atoms with van der Waals surface area (Å²) in [6, 6.07) is 0.00676. The molecule has 1 aliphatic heterocycles. The first-order valence-corrected chi connectivity index (χ1v) is 7.29. The lowest BCUT2D eigenvalue weighted by atomic mass is 10.1. The molecule has 1 saturated carbocycles. The normalized spacial score (nSPS) is 22.5. The average Bonchev–Trinajstić information content (AvgIpc) is 3.18. The van der Waals surface area contributed by atoms with Crippen LogP contribution in [0, 0.1) is 5.92 Å². The molecule has 2 aliphatic rings. The van der Waals surface area contributed by atoms with E-state index in [-0.39, 0.29) is 6.04 Å². The number of carbonyl (C=O) groups excluding carboxylic acids is 1. The van der Waals surface area contributed by atoms with E-state index >= 15 is 0 Å². The van der Waals surface area contributed by atoms with Crippen molar-refractivity contribution < 1.29 is 4.79 Å². The highest BCUT2D eigenvalue weighted by atomic mass is 16.2. The quantitative estimate of drug-likeness (QED) is 0.719. The molecule has 1 saturated heterocycles. The molecule has 0 bridgehead atoms. The Kier molecular flexibility index (Phi) is 4.84. The largest absolute Gasteiger partial charge is 0.341 e. The van der Waals surface area contributed by atoms with Gasteiger partial charge in [-0.1, -0.05) is 12.8 Å². The number of hydrogen-bond donors (Lipinski definition) is 1. The van der Waals surface area contributed by atoms with Gasteiger partial charge in [0.2, 0.25) is 5.91 Å². The number of carbonyl (C=O) groups is 1. The second kappa shape index (κ2) is 6.39. The van der Waals surface area contributed by atoms with Gasteiger partial charge >= 0.3 is 0 Å². The Morgan fingerprint density at radius 3 is 2.65 bits per heavy atom. The summed E-state index contributed by atoms with van der Waals surface area (Å²) in [6.45, 7) is 4.94. The van der Waals surface area contributed by atoms with Crippen molar-refractivity contribution >= 4 is 5.91 Å². The zero-order valence-electron chi connectivity index (χ0n) is 11.1. The van der Waals surface area contributed by atoms with Crippen LogP contribution in [-0.4, -0.2) is 36.5 Å². The summed E-state index contributed by atoms with van der Waals surface area (Å²) in [5, 5.41) is 3.37. The van der Waals surface area contributed by atoms with Gasteiger partial charge in [-0.05, 0) is 51.5 Å². The van der Waals surface area contributed by atoms with Gasteiger partial charge in [0.25, 0.3) is 0 Å². The number of nitrogens with zero attached hydrogens (tertiary/aromatic N) is 1. The zero-order valence-corrected chi connectivity index (χ0v) is 11.1. The molecule has 98 valence electrons. The van der Waals surface area contributed by atoms with E-state index in [2.05, 4.69) is 5.32 Å². The van der Waals surface area contributed by atoms with Crippen LogP contribution in [0.5, 0.6) is 0 Å². The zero-order chi connectivity index (χ0) is 12.1. The monoisotopic (exact) mass is 238 g/mol. The van der Waals surface area contributed by atoms with Crippen molar-refractivity contribution in [3.63, 3.8) is 0 Å². The van der Waals surface area contributed by atoms with Crippen LogP contribution in [0.3, 0.4) is 0 Å². The fourth-order valence-corrected chi connectivity index (χ4v) is 2.59. The smallest absolute Gasteiger partial charge is 0.239 e. The standard InChI is InChI=1S/C14H26N2O/c1-12(15-9-5-6-13-7-8-13)14(17)16-10-3-2-4-11-16/h12-13,15H,2-11H2,1H3. The first kappa shape index (κ1) is 12.9. The van der Waals surface area contributed by atoms with Gasteiger partial charge in [-0.3, -0.25) is 4.79 Å². The third-order valence-electron chi connectivity index (χ3n) is 3.97. The molecule has 3 heteroatoms. The molecule has 1 amide bonds. The summed E-state index contributed by atoms with van der Waals surface area (Å²) in [7, 11) is 0. The maximum Gasteiger partial charge on any atom is 0.239 e. The number of hydrogen-bond acceptors (Lipinski definition) is 2. The minimum atomic E-state index is 0.00676. The highest BCUT2D eigenvalue weighted by Gasteiger charge is 2.22. The number of piperidine rings is 1. The Hall–Kier alpha value is -0.570. The second-order valence-electron chi connectivity index (χ2n) is 5.65. The van der Waals surface area contributed by atoms with Crippen molar-refractivity contribution in [3.8, 4) is 0 Å². The van der Waals surface area contributed by atoms with Crippen LogP contribution >= 0.6 is 0 Å². The van der Waals surface area contributed by atoms with Crippen molar-refractivity contribution in [2.24, 2.45) is 5.92 Å². The van der Waals surface area contributed by atoms with E-state index < -0.39 is 0 Å². The first-order valence-electron chi connectivity index (χ1n) is 7.29. The van der Waals surface area contributed by atoms with Gasteiger partial charge in [0.05, 0.1) is 6.04 Å². The van der Waals surface area contributed by atoms with Crippen LogP contribution < -0.4 is 5.32 Å².